The van der Waals surface area contributed by atoms with Gasteiger partial charge in [0, 0.05) is 11.6 Å². The summed E-state index contributed by atoms with van der Waals surface area (Å²) in [5, 5.41) is 6.38. The van der Waals surface area contributed by atoms with Crippen molar-refractivity contribution in [2.24, 2.45) is 5.10 Å². The number of benzene rings is 2. The molecular weight excluding hydrogens is 377 g/mol. The van der Waals surface area contributed by atoms with Crippen molar-refractivity contribution in [2.45, 2.75) is 32.9 Å². The molecule has 7 nitrogen and oxygen atoms in total. The normalized spacial score (nSPS) is 11.7. The van der Waals surface area contributed by atoms with Crippen molar-refractivity contribution < 1.29 is 23.5 Å². The molecule has 0 saturated heterocycles. The van der Waals surface area contributed by atoms with E-state index in [2.05, 4.69) is 15.8 Å². The summed E-state index contributed by atoms with van der Waals surface area (Å²) in [5.41, 5.74) is 3.50. The van der Waals surface area contributed by atoms with Gasteiger partial charge in [0.2, 0.25) is 0 Å². The molecule has 2 rings (SSSR count). The molecule has 2 amide bonds. The largest absolute Gasteiger partial charge is 0.493 e. The lowest BCUT2D eigenvalue weighted by Gasteiger charge is -2.13. The second kappa shape index (κ2) is 10.8. The van der Waals surface area contributed by atoms with Crippen LogP contribution in [-0.4, -0.2) is 31.2 Å². The number of para-hydroxylation sites is 1. The maximum atomic E-state index is 13.0. The van der Waals surface area contributed by atoms with Crippen LogP contribution >= 0.6 is 0 Å². The standard InChI is InChI=1S/C21H24FN3O4/c1-4-14(2)24-20(26)21(27)25-23-12-16-6-5-7-18(28-3)19(16)29-13-15-8-10-17(22)11-9-15/h5-12,14H,4,13H2,1-3H3,(H,24,26)(H,25,27)/b23-12-/t14-/m1/s1. The van der Waals surface area contributed by atoms with E-state index in [1.165, 1.54) is 25.5 Å². The third kappa shape index (κ3) is 6.60. The number of nitrogens with zero attached hydrogens (tertiary/aromatic N) is 1. The molecule has 2 aromatic rings. The van der Waals surface area contributed by atoms with E-state index in [-0.39, 0.29) is 18.5 Å². The molecule has 2 aromatic carbocycles. The van der Waals surface area contributed by atoms with Crippen molar-refractivity contribution in [3.63, 3.8) is 0 Å². The van der Waals surface area contributed by atoms with Gasteiger partial charge >= 0.3 is 11.8 Å². The Kier molecular flexibility index (Phi) is 8.14. The van der Waals surface area contributed by atoms with Crippen LogP contribution < -0.4 is 20.2 Å². The van der Waals surface area contributed by atoms with Gasteiger partial charge in [0.25, 0.3) is 0 Å². The lowest BCUT2D eigenvalue weighted by Crippen LogP contribution is -2.41. The van der Waals surface area contributed by atoms with Crippen LogP contribution in [0, 0.1) is 5.82 Å². The van der Waals surface area contributed by atoms with Gasteiger partial charge in [-0.25, -0.2) is 9.82 Å². The minimum atomic E-state index is -0.863. The fraction of sp³-hybridized carbons (Fsp3) is 0.286. The molecule has 0 unspecified atom stereocenters. The lowest BCUT2D eigenvalue weighted by atomic mass is 10.2. The number of hydrogen-bond donors (Lipinski definition) is 2. The molecule has 0 aliphatic carbocycles. The van der Waals surface area contributed by atoms with Crippen LogP contribution in [-0.2, 0) is 16.2 Å². The van der Waals surface area contributed by atoms with Gasteiger partial charge in [-0.05, 0) is 43.2 Å². The lowest BCUT2D eigenvalue weighted by molar-refractivity contribution is -0.139. The topological polar surface area (TPSA) is 89.0 Å². The van der Waals surface area contributed by atoms with E-state index >= 15 is 0 Å². The third-order valence-electron chi connectivity index (χ3n) is 4.09. The number of carbonyl (C=O) groups is 2. The van der Waals surface area contributed by atoms with E-state index in [0.29, 0.717) is 23.5 Å². The Morgan fingerprint density at radius 1 is 1.17 bits per heavy atom. The van der Waals surface area contributed by atoms with E-state index in [0.717, 1.165) is 5.56 Å². The predicted molar refractivity (Wildman–Crippen MR) is 107 cm³/mol. The highest BCUT2D eigenvalue weighted by Gasteiger charge is 2.15. The van der Waals surface area contributed by atoms with Crippen LogP contribution in [0.2, 0.25) is 0 Å². The van der Waals surface area contributed by atoms with Crippen molar-refractivity contribution in [3.05, 3.63) is 59.4 Å². The highest BCUT2D eigenvalue weighted by atomic mass is 19.1. The molecule has 0 spiro atoms. The van der Waals surface area contributed by atoms with Crippen LogP contribution in [0.1, 0.15) is 31.4 Å². The molecular formula is C21H24FN3O4. The summed E-state index contributed by atoms with van der Waals surface area (Å²) in [6.45, 7) is 3.89. The SMILES string of the molecule is CC[C@@H](C)NC(=O)C(=O)N/N=C\c1cccc(OC)c1OCc1ccc(F)cc1. The van der Waals surface area contributed by atoms with Gasteiger partial charge in [-0.15, -0.1) is 0 Å². The Bertz CT molecular complexity index is 869. The summed E-state index contributed by atoms with van der Waals surface area (Å²) in [5.74, 6) is -1.07. The molecule has 0 aliphatic heterocycles. The number of rotatable bonds is 8. The molecule has 2 N–H and O–H groups in total. The first kappa shape index (κ1) is 21.9. The highest BCUT2D eigenvalue weighted by Crippen LogP contribution is 2.30. The van der Waals surface area contributed by atoms with Gasteiger partial charge in [-0.3, -0.25) is 9.59 Å². The zero-order valence-corrected chi connectivity index (χ0v) is 16.6. The fourth-order valence-corrected chi connectivity index (χ4v) is 2.29. The second-order valence-corrected chi connectivity index (χ2v) is 6.28. The van der Waals surface area contributed by atoms with Gasteiger partial charge in [0.15, 0.2) is 11.5 Å². The maximum absolute atomic E-state index is 13.0. The summed E-state index contributed by atoms with van der Waals surface area (Å²) in [7, 11) is 1.50. The van der Waals surface area contributed by atoms with E-state index in [9.17, 15) is 14.0 Å². The van der Waals surface area contributed by atoms with Gasteiger partial charge in [-0.2, -0.15) is 5.10 Å². The second-order valence-electron chi connectivity index (χ2n) is 6.28. The summed E-state index contributed by atoms with van der Waals surface area (Å²) in [4.78, 5) is 23.5. The smallest absolute Gasteiger partial charge is 0.329 e. The molecule has 29 heavy (non-hydrogen) atoms. The summed E-state index contributed by atoms with van der Waals surface area (Å²) in [6, 6.07) is 11.0. The predicted octanol–water partition coefficient (Wildman–Crippen LogP) is 2.78. The Morgan fingerprint density at radius 3 is 2.55 bits per heavy atom. The summed E-state index contributed by atoms with van der Waals surface area (Å²) >= 11 is 0. The van der Waals surface area contributed by atoms with E-state index in [1.54, 1.807) is 37.3 Å². The summed E-state index contributed by atoms with van der Waals surface area (Å²) < 4.78 is 24.2. The van der Waals surface area contributed by atoms with Gasteiger partial charge in [0.05, 0.1) is 13.3 Å². The maximum Gasteiger partial charge on any atom is 0.329 e. The van der Waals surface area contributed by atoms with Gasteiger partial charge in [0.1, 0.15) is 12.4 Å². The molecule has 0 bridgehead atoms. The molecule has 8 heteroatoms. The minimum absolute atomic E-state index is 0.109. The van der Waals surface area contributed by atoms with Crippen LogP contribution in [0.5, 0.6) is 11.5 Å². The Hall–Kier alpha value is -3.42. The van der Waals surface area contributed by atoms with Crippen LogP contribution in [0.3, 0.4) is 0 Å². The van der Waals surface area contributed by atoms with Gasteiger partial charge < -0.3 is 14.8 Å². The molecule has 0 saturated carbocycles. The number of halogens is 1. The van der Waals surface area contributed by atoms with Crippen molar-refractivity contribution in [2.75, 3.05) is 7.11 Å². The Balaban J connectivity index is 2.07. The number of methoxy groups -OCH3 is 1. The molecule has 1 atom stereocenters. The third-order valence-corrected chi connectivity index (χ3v) is 4.09. The first-order valence-electron chi connectivity index (χ1n) is 9.12. The number of amides is 2. The van der Waals surface area contributed by atoms with Gasteiger partial charge in [-0.1, -0.05) is 25.1 Å². The first-order valence-corrected chi connectivity index (χ1v) is 9.12. The monoisotopic (exact) mass is 401 g/mol. The number of carbonyl (C=O) groups excluding carboxylic acids is 2. The molecule has 154 valence electrons. The Labute approximate surface area is 168 Å². The van der Waals surface area contributed by atoms with E-state index < -0.39 is 11.8 Å². The summed E-state index contributed by atoms with van der Waals surface area (Å²) in [6.07, 6.45) is 2.07. The van der Waals surface area contributed by atoms with Crippen molar-refractivity contribution in [3.8, 4) is 11.5 Å². The zero-order valence-electron chi connectivity index (χ0n) is 16.6. The molecule has 0 heterocycles. The van der Waals surface area contributed by atoms with E-state index in [4.69, 9.17) is 9.47 Å². The van der Waals surface area contributed by atoms with Crippen LogP contribution in [0.4, 0.5) is 4.39 Å². The molecule has 0 aliphatic rings. The first-order chi connectivity index (χ1) is 13.9. The van der Waals surface area contributed by atoms with Crippen molar-refractivity contribution in [1.82, 2.24) is 10.7 Å². The number of hydrogen-bond acceptors (Lipinski definition) is 5. The minimum Gasteiger partial charge on any atom is -0.493 e. The Morgan fingerprint density at radius 2 is 1.90 bits per heavy atom. The zero-order chi connectivity index (χ0) is 21.2. The van der Waals surface area contributed by atoms with Crippen LogP contribution in [0.25, 0.3) is 0 Å². The average molecular weight is 401 g/mol. The van der Waals surface area contributed by atoms with Crippen molar-refractivity contribution in [1.29, 1.82) is 0 Å². The molecule has 0 aromatic heterocycles. The molecule has 0 fully saturated rings. The highest BCUT2D eigenvalue weighted by molar-refractivity contribution is 6.35. The van der Waals surface area contributed by atoms with Crippen molar-refractivity contribution >= 4 is 18.0 Å². The quantitative estimate of drug-likeness (QED) is 0.404. The van der Waals surface area contributed by atoms with Crippen LogP contribution in [0.15, 0.2) is 47.6 Å². The number of nitrogens with one attached hydrogen (secondary N) is 2. The number of ether oxygens (including phenoxy) is 2. The van der Waals surface area contributed by atoms with E-state index in [1.807, 2.05) is 6.92 Å². The molecule has 0 radical (unpaired) electrons. The number of hydrazone groups is 1. The fourth-order valence-electron chi connectivity index (χ4n) is 2.29. The average Bonchev–Trinajstić information content (AvgIpc) is 2.73.